The van der Waals surface area contributed by atoms with Crippen LogP contribution in [0.1, 0.15) is 73.1 Å². The van der Waals surface area contributed by atoms with Crippen molar-refractivity contribution in [1.29, 1.82) is 0 Å². The summed E-state index contributed by atoms with van der Waals surface area (Å²) in [6.45, 7) is 14.4. The maximum atomic E-state index is 3.96. The van der Waals surface area contributed by atoms with Crippen molar-refractivity contribution in [2.75, 3.05) is 13.1 Å². The molecule has 0 spiro atoms. The van der Waals surface area contributed by atoms with Crippen LogP contribution in [0.2, 0.25) is 0 Å². The van der Waals surface area contributed by atoms with E-state index < -0.39 is 0 Å². The maximum absolute atomic E-state index is 3.96. The molecule has 1 N–H and O–H groups in total. The van der Waals surface area contributed by atoms with Gasteiger partial charge < -0.3 is 5.32 Å². The molecule has 2 nitrogen and oxygen atoms in total. The fourth-order valence-electron chi connectivity index (χ4n) is 3.89. The van der Waals surface area contributed by atoms with E-state index in [1.54, 1.807) is 0 Å². The topological polar surface area (TPSA) is 15.3 Å². The van der Waals surface area contributed by atoms with Crippen LogP contribution in [-0.4, -0.2) is 35.6 Å². The van der Waals surface area contributed by atoms with Crippen LogP contribution in [0.3, 0.4) is 0 Å². The van der Waals surface area contributed by atoms with Gasteiger partial charge in [0.15, 0.2) is 0 Å². The summed E-state index contributed by atoms with van der Waals surface area (Å²) in [6, 6.07) is 1.53. The molecule has 1 atom stereocenters. The molecule has 1 unspecified atom stereocenters. The van der Waals surface area contributed by atoms with E-state index >= 15 is 0 Å². The largest absolute Gasteiger partial charge is 0.311 e. The van der Waals surface area contributed by atoms with E-state index in [0.29, 0.717) is 11.0 Å². The Morgan fingerprint density at radius 2 is 1.63 bits per heavy atom. The second kappa shape index (κ2) is 5.73. The van der Waals surface area contributed by atoms with Crippen LogP contribution < -0.4 is 5.32 Å². The van der Waals surface area contributed by atoms with Gasteiger partial charge in [0.25, 0.3) is 0 Å². The Hall–Kier alpha value is -0.0800. The number of nitrogens with zero attached hydrogens (tertiary/aromatic N) is 1. The Labute approximate surface area is 120 Å². The molecule has 2 rings (SSSR count). The molecule has 2 aliphatic rings. The molecule has 1 aliphatic heterocycles. The van der Waals surface area contributed by atoms with Gasteiger partial charge >= 0.3 is 0 Å². The Kier molecular flexibility index (Phi) is 4.62. The molecule has 1 heterocycles. The van der Waals surface area contributed by atoms with Crippen molar-refractivity contribution in [1.82, 2.24) is 10.2 Å². The number of rotatable bonds is 2. The molecular formula is C17H34N2. The van der Waals surface area contributed by atoms with Crippen molar-refractivity contribution in [3.63, 3.8) is 0 Å². The molecule has 19 heavy (non-hydrogen) atoms. The molecule has 0 aromatic heterocycles. The first-order valence-corrected chi connectivity index (χ1v) is 8.27. The zero-order chi connectivity index (χ0) is 14.1. The first kappa shape index (κ1) is 15.3. The van der Waals surface area contributed by atoms with E-state index in [-0.39, 0.29) is 0 Å². The normalized spacial score (nSPS) is 30.5. The standard InChI is InChI=1S/C17H34N2/c1-16(2,3)19-11-8-14(9-12-19)18-15-7-6-10-17(4,5)13-15/h14-15,18H,6-13H2,1-5H3. The van der Waals surface area contributed by atoms with E-state index in [9.17, 15) is 0 Å². The highest BCUT2D eigenvalue weighted by Crippen LogP contribution is 2.35. The van der Waals surface area contributed by atoms with Gasteiger partial charge in [0.05, 0.1) is 0 Å². The molecule has 1 aliphatic carbocycles. The van der Waals surface area contributed by atoms with E-state index in [1.165, 1.54) is 51.6 Å². The highest BCUT2D eigenvalue weighted by molar-refractivity contribution is 4.89. The van der Waals surface area contributed by atoms with Crippen molar-refractivity contribution in [2.24, 2.45) is 5.41 Å². The molecule has 0 aromatic carbocycles. The molecule has 0 radical (unpaired) electrons. The van der Waals surface area contributed by atoms with Gasteiger partial charge in [-0.25, -0.2) is 0 Å². The summed E-state index contributed by atoms with van der Waals surface area (Å²) in [5.41, 5.74) is 0.903. The molecule has 112 valence electrons. The summed E-state index contributed by atoms with van der Waals surface area (Å²) in [5.74, 6) is 0. The van der Waals surface area contributed by atoms with Crippen LogP contribution in [-0.2, 0) is 0 Å². The summed E-state index contributed by atoms with van der Waals surface area (Å²) in [4.78, 5) is 2.63. The van der Waals surface area contributed by atoms with Crippen LogP contribution in [0.25, 0.3) is 0 Å². The Balaban J connectivity index is 1.77. The van der Waals surface area contributed by atoms with Crippen LogP contribution in [0, 0.1) is 5.41 Å². The Morgan fingerprint density at radius 3 is 2.16 bits per heavy atom. The quantitative estimate of drug-likeness (QED) is 0.817. The third-order valence-electron chi connectivity index (χ3n) is 5.12. The van der Waals surface area contributed by atoms with Crippen molar-refractivity contribution in [3.8, 4) is 0 Å². The molecule has 0 aromatic rings. The zero-order valence-corrected chi connectivity index (χ0v) is 13.8. The van der Waals surface area contributed by atoms with Gasteiger partial charge in [0.1, 0.15) is 0 Å². The molecule has 0 bridgehead atoms. The van der Waals surface area contributed by atoms with Crippen molar-refractivity contribution in [2.45, 2.75) is 90.8 Å². The lowest BCUT2D eigenvalue weighted by molar-refractivity contribution is 0.0878. The average molecular weight is 266 g/mol. The number of nitrogens with one attached hydrogen (secondary N) is 1. The SMILES string of the molecule is CC1(C)CCCC(NC2CCN(C(C)(C)C)CC2)C1. The van der Waals surface area contributed by atoms with Gasteiger partial charge in [0.2, 0.25) is 0 Å². The molecule has 2 heteroatoms. The number of hydrogen-bond donors (Lipinski definition) is 1. The van der Waals surface area contributed by atoms with Crippen LogP contribution in [0.4, 0.5) is 0 Å². The minimum Gasteiger partial charge on any atom is -0.311 e. The smallest absolute Gasteiger partial charge is 0.0125 e. The fraction of sp³-hybridized carbons (Fsp3) is 1.00. The molecule has 2 fully saturated rings. The van der Waals surface area contributed by atoms with E-state index in [2.05, 4.69) is 44.8 Å². The van der Waals surface area contributed by atoms with Crippen LogP contribution >= 0.6 is 0 Å². The van der Waals surface area contributed by atoms with Gasteiger partial charge in [-0.05, 0) is 58.3 Å². The van der Waals surface area contributed by atoms with Crippen molar-refractivity contribution in [3.05, 3.63) is 0 Å². The lowest BCUT2D eigenvalue weighted by Crippen LogP contribution is -2.52. The van der Waals surface area contributed by atoms with Gasteiger partial charge in [-0.15, -0.1) is 0 Å². The summed E-state index contributed by atoms with van der Waals surface area (Å²) >= 11 is 0. The number of piperidine rings is 1. The van der Waals surface area contributed by atoms with Gasteiger partial charge in [-0.2, -0.15) is 0 Å². The van der Waals surface area contributed by atoms with Crippen LogP contribution in [0.15, 0.2) is 0 Å². The molecule has 1 saturated carbocycles. The van der Waals surface area contributed by atoms with Gasteiger partial charge in [-0.3, -0.25) is 4.90 Å². The Morgan fingerprint density at radius 1 is 1.00 bits per heavy atom. The zero-order valence-electron chi connectivity index (χ0n) is 13.8. The summed E-state index contributed by atoms with van der Waals surface area (Å²) in [6.07, 6.45) is 8.23. The molecule has 0 amide bonds. The minimum absolute atomic E-state index is 0.345. The lowest BCUT2D eigenvalue weighted by atomic mass is 9.75. The molecular weight excluding hydrogens is 232 g/mol. The van der Waals surface area contributed by atoms with Crippen LogP contribution in [0.5, 0.6) is 0 Å². The first-order chi connectivity index (χ1) is 8.76. The van der Waals surface area contributed by atoms with E-state index in [4.69, 9.17) is 0 Å². The average Bonchev–Trinajstić information content (AvgIpc) is 2.27. The predicted octanol–water partition coefficient (Wildman–Crippen LogP) is 3.81. The van der Waals surface area contributed by atoms with E-state index in [1.807, 2.05) is 0 Å². The van der Waals surface area contributed by atoms with E-state index in [0.717, 1.165) is 12.1 Å². The second-order valence-corrected chi connectivity index (χ2v) is 8.56. The highest BCUT2D eigenvalue weighted by Gasteiger charge is 2.31. The first-order valence-electron chi connectivity index (χ1n) is 8.27. The summed E-state index contributed by atoms with van der Waals surface area (Å²) < 4.78 is 0. The second-order valence-electron chi connectivity index (χ2n) is 8.56. The van der Waals surface area contributed by atoms with Crippen molar-refractivity contribution >= 4 is 0 Å². The lowest BCUT2D eigenvalue weighted by Gasteiger charge is -2.43. The maximum Gasteiger partial charge on any atom is 0.0125 e. The third-order valence-corrected chi connectivity index (χ3v) is 5.12. The summed E-state index contributed by atoms with van der Waals surface area (Å²) in [7, 11) is 0. The van der Waals surface area contributed by atoms with Gasteiger partial charge in [-0.1, -0.05) is 20.3 Å². The number of hydrogen-bond acceptors (Lipinski definition) is 2. The monoisotopic (exact) mass is 266 g/mol. The highest BCUT2D eigenvalue weighted by atomic mass is 15.2. The minimum atomic E-state index is 0.345. The summed E-state index contributed by atoms with van der Waals surface area (Å²) in [5, 5.41) is 3.96. The molecule has 1 saturated heterocycles. The third kappa shape index (κ3) is 4.46. The fourth-order valence-corrected chi connectivity index (χ4v) is 3.89. The van der Waals surface area contributed by atoms with Gasteiger partial charge in [0, 0.05) is 30.7 Å². The predicted molar refractivity (Wildman–Crippen MR) is 83.5 cm³/mol. The number of likely N-dealkylation sites (tertiary alicyclic amines) is 1. The van der Waals surface area contributed by atoms with Crippen molar-refractivity contribution < 1.29 is 0 Å². The Bertz CT molecular complexity index is 282.